The van der Waals surface area contributed by atoms with E-state index in [4.69, 9.17) is 4.74 Å². The average Bonchev–Trinajstić information content (AvgIpc) is 2.88. The molecule has 1 aliphatic heterocycles. The Labute approximate surface area is 93.7 Å². The molecule has 0 aliphatic carbocycles. The quantitative estimate of drug-likeness (QED) is 0.788. The summed E-state index contributed by atoms with van der Waals surface area (Å²) >= 11 is 1.72. The summed E-state index contributed by atoms with van der Waals surface area (Å²) in [5.41, 5.74) is 0. The number of rotatable bonds is 3. The van der Waals surface area contributed by atoms with E-state index in [9.17, 15) is 4.79 Å². The van der Waals surface area contributed by atoms with E-state index < -0.39 is 0 Å². The van der Waals surface area contributed by atoms with Gasteiger partial charge >= 0.3 is 0 Å². The Hall–Kier alpha value is -0.870. The number of thiophene rings is 1. The van der Waals surface area contributed by atoms with Gasteiger partial charge in [0, 0.05) is 18.5 Å². The number of amides is 1. The summed E-state index contributed by atoms with van der Waals surface area (Å²) in [5, 5.41) is 2.06. The molecular formula is C11H15NO2S. The number of carbonyl (C=O) groups is 1. The van der Waals surface area contributed by atoms with Crippen LogP contribution in [0.15, 0.2) is 17.5 Å². The summed E-state index contributed by atoms with van der Waals surface area (Å²) in [6.07, 6.45) is 2.17. The van der Waals surface area contributed by atoms with E-state index in [0.29, 0.717) is 0 Å². The number of hydrogen-bond donors (Lipinski definition) is 0. The van der Waals surface area contributed by atoms with E-state index in [1.54, 1.807) is 18.4 Å². The third kappa shape index (κ3) is 2.21. The second-order valence-corrected chi connectivity index (χ2v) is 4.67. The minimum absolute atomic E-state index is 0.105. The van der Waals surface area contributed by atoms with Crippen LogP contribution in [-0.4, -0.2) is 31.1 Å². The van der Waals surface area contributed by atoms with Crippen molar-refractivity contribution in [3.8, 4) is 0 Å². The van der Waals surface area contributed by atoms with Gasteiger partial charge in [0.05, 0.1) is 6.04 Å². The smallest absolute Gasteiger partial charge is 0.249 e. The molecule has 0 aromatic carbocycles. The van der Waals surface area contributed by atoms with Crippen LogP contribution in [0.3, 0.4) is 0 Å². The van der Waals surface area contributed by atoms with Gasteiger partial charge < -0.3 is 9.64 Å². The molecule has 15 heavy (non-hydrogen) atoms. The lowest BCUT2D eigenvalue weighted by Crippen LogP contribution is -2.32. The SMILES string of the molecule is COCC(=O)N1CCCC1c1cccs1. The summed E-state index contributed by atoms with van der Waals surface area (Å²) < 4.78 is 4.89. The third-order valence-corrected chi connectivity index (χ3v) is 3.69. The van der Waals surface area contributed by atoms with Gasteiger partial charge in [0.1, 0.15) is 6.61 Å². The molecule has 1 aromatic heterocycles. The Morgan fingerprint density at radius 3 is 3.27 bits per heavy atom. The Kier molecular flexibility index (Phi) is 3.38. The number of nitrogens with zero attached hydrogens (tertiary/aromatic N) is 1. The number of ether oxygens (including phenoxy) is 1. The van der Waals surface area contributed by atoms with Crippen molar-refractivity contribution >= 4 is 17.2 Å². The van der Waals surface area contributed by atoms with Crippen molar-refractivity contribution in [3.63, 3.8) is 0 Å². The Bertz CT molecular complexity index is 323. The second kappa shape index (κ2) is 4.77. The summed E-state index contributed by atoms with van der Waals surface area (Å²) in [4.78, 5) is 15.0. The number of hydrogen-bond acceptors (Lipinski definition) is 3. The van der Waals surface area contributed by atoms with Crippen LogP contribution in [-0.2, 0) is 9.53 Å². The monoisotopic (exact) mass is 225 g/mol. The molecule has 0 saturated carbocycles. The first-order valence-corrected chi connectivity index (χ1v) is 6.02. The van der Waals surface area contributed by atoms with Crippen molar-refractivity contribution in [2.24, 2.45) is 0 Å². The van der Waals surface area contributed by atoms with Crippen molar-refractivity contribution in [2.75, 3.05) is 20.3 Å². The average molecular weight is 225 g/mol. The Balaban J connectivity index is 2.08. The second-order valence-electron chi connectivity index (χ2n) is 3.69. The van der Waals surface area contributed by atoms with Crippen molar-refractivity contribution in [1.29, 1.82) is 0 Å². The molecule has 1 amide bonds. The van der Waals surface area contributed by atoms with Gasteiger partial charge in [0.15, 0.2) is 0 Å². The number of likely N-dealkylation sites (tertiary alicyclic amines) is 1. The first kappa shape index (κ1) is 10.6. The highest BCUT2D eigenvalue weighted by Gasteiger charge is 2.30. The lowest BCUT2D eigenvalue weighted by Gasteiger charge is -2.23. The minimum Gasteiger partial charge on any atom is -0.375 e. The molecule has 4 heteroatoms. The maximum atomic E-state index is 11.8. The van der Waals surface area contributed by atoms with Crippen molar-refractivity contribution in [2.45, 2.75) is 18.9 Å². The minimum atomic E-state index is 0.105. The predicted octanol–water partition coefficient (Wildman–Crippen LogP) is 2.06. The highest BCUT2D eigenvalue weighted by atomic mass is 32.1. The first-order chi connectivity index (χ1) is 7.33. The predicted molar refractivity (Wildman–Crippen MR) is 59.9 cm³/mol. The van der Waals surface area contributed by atoms with E-state index in [-0.39, 0.29) is 18.6 Å². The molecule has 0 spiro atoms. The van der Waals surface area contributed by atoms with Crippen molar-refractivity contribution in [3.05, 3.63) is 22.4 Å². The van der Waals surface area contributed by atoms with Gasteiger partial charge in [-0.3, -0.25) is 4.79 Å². The van der Waals surface area contributed by atoms with Crippen LogP contribution >= 0.6 is 11.3 Å². The number of carbonyl (C=O) groups excluding carboxylic acids is 1. The molecule has 1 aromatic rings. The summed E-state index contributed by atoms with van der Waals surface area (Å²) in [6, 6.07) is 4.43. The molecule has 0 N–H and O–H groups in total. The van der Waals surface area contributed by atoms with Gasteiger partial charge in [-0.25, -0.2) is 0 Å². The van der Waals surface area contributed by atoms with Gasteiger partial charge in [-0.2, -0.15) is 0 Å². The van der Waals surface area contributed by atoms with Crippen LogP contribution < -0.4 is 0 Å². The molecule has 2 rings (SSSR count). The van der Waals surface area contributed by atoms with E-state index in [0.717, 1.165) is 19.4 Å². The highest BCUT2D eigenvalue weighted by molar-refractivity contribution is 7.10. The van der Waals surface area contributed by atoms with E-state index >= 15 is 0 Å². The molecule has 0 radical (unpaired) electrons. The fraction of sp³-hybridized carbons (Fsp3) is 0.545. The summed E-state index contributed by atoms with van der Waals surface area (Å²) in [6.45, 7) is 1.06. The third-order valence-electron chi connectivity index (χ3n) is 2.71. The molecule has 1 saturated heterocycles. The highest BCUT2D eigenvalue weighted by Crippen LogP contribution is 2.34. The zero-order valence-electron chi connectivity index (χ0n) is 8.81. The number of methoxy groups -OCH3 is 1. The van der Waals surface area contributed by atoms with Crippen LogP contribution in [0.2, 0.25) is 0 Å². The lowest BCUT2D eigenvalue weighted by atomic mass is 10.2. The van der Waals surface area contributed by atoms with Crippen LogP contribution in [0.4, 0.5) is 0 Å². The molecule has 1 atom stereocenters. The van der Waals surface area contributed by atoms with Gasteiger partial charge in [-0.1, -0.05) is 6.07 Å². The van der Waals surface area contributed by atoms with Crippen LogP contribution in [0.25, 0.3) is 0 Å². The zero-order valence-corrected chi connectivity index (χ0v) is 9.63. The van der Waals surface area contributed by atoms with E-state index in [1.165, 1.54) is 4.88 Å². The molecule has 0 bridgehead atoms. The Morgan fingerprint density at radius 2 is 2.60 bits per heavy atom. The first-order valence-electron chi connectivity index (χ1n) is 5.14. The summed E-state index contributed by atoms with van der Waals surface area (Å²) in [5.74, 6) is 0.105. The molecular weight excluding hydrogens is 210 g/mol. The van der Waals surface area contributed by atoms with Crippen LogP contribution in [0.1, 0.15) is 23.8 Å². The van der Waals surface area contributed by atoms with Crippen LogP contribution in [0.5, 0.6) is 0 Å². The molecule has 1 fully saturated rings. The fourth-order valence-electron chi connectivity index (χ4n) is 2.05. The molecule has 1 aliphatic rings. The van der Waals surface area contributed by atoms with Gasteiger partial charge in [-0.05, 0) is 24.3 Å². The van der Waals surface area contributed by atoms with Gasteiger partial charge in [0.2, 0.25) is 5.91 Å². The normalized spacial score (nSPS) is 20.9. The van der Waals surface area contributed by atoms with E-state index in [1.807, 2.05) is 11.0 Å². The molecule has 1 unspecified atom stereocenters. The Morgan fingerprint density at radius 1 is 1.73 bits per heavy atom. The van der Waals surface area contributed by atoms with Gasteiger partial charge in [-0.15, -0.1) is 11.3 Å². The topological polar surface area (TPSA) is 29.5 Å². The maximum Gasteiger partial charge on any atom is 0.249 e. The zero-order chi connectivity index (χ0) is 10.7. The van der Waals surface area contributed by atoms with E-state index in [2.05, 4.69) is 11.4 Å². The van der Waals surface area contributed by atoms with Crippen molar-refractivity contribution in [1.82, 2.24) is 4.90 Å². The maximum absolute atomic E-state index is 11.8. The van der Waals surface area contributed by atoms with Crippen LogP contribution in [0, 0.1) is 0 Å². The largest absolute Gasteiger partial charge is 0.375 e. The van der Waals surface area contributed by atoms with Crippen molar-refractivity contribution < 1.29 is 9.53 Å². The standard InChI is InChI=1S/C11H15NO2S/c1-14-8-11(13)12-6-2-4-9(12)10-5-3-7-15-10/h3,5,7,9H,2,4,6,8H2,1H3. The fourth-order valence-corrected chi connectivity index (χ4v) is 2.92. The molecule has 3 nitrogen and oxygen atoms in total. The van der Waals surface area contributed by atoms with Gasteiger partial charge in [0.25, 0.3) is 0 Å². The lowest BCUT2D eigenvalue weighted by molar-refractivity contribution is -0.136. The molecule has 2 heterocycles. The molecule has 82 valence electrons. The summed E-state index contributed by atoms with van der Waals surface area (Å²) in [7, 11) is 1.56.